The van der Waals surface area contributed by atoms with Crippen LogP contribution in [0.25, 0.3) is 0 Å². The molecule has 0 spiro atoms. The molecule has 0 saturated heterocycles. The van der Waals surface area contributed by atoms with Crippen molar-refractivity contribution in [2.75, 3.05) is 0 Å². The van der Waals surface area contributed by atoms with Gasteiger partial charge in [-0.2, -0.15) is 0 Å². The zero-order chi connectivity index (χ0) is 14.7. The van der Waals surface area contributed by atoms with Gasteiger partial charge in [-0.05, 0) is 43.7 Å². The number of halogens is 1. The highest BCUT2D eigenvalue weighted by Crippen LogP contribution is 2.27. The summed E-state index contributed by atoms with van der Waals surface area (Å²) in [4.78, 5) is 15.1. The summed E-state index contributed by atoms with van der Waals surface area (Å²) >= 11 is 0. The van der Waals surface area contributed by atoms with Gasteiger partial charge in [-0.1, -0.05) is 6.92 Å². The Kier molecular flexibility index (Phi) is 3.98. The van der Waals surface area contributed by atoms with Gasteiger partial charge in [0.25, 0.3) is 0 Å². The number of hydrogen-bond acceptors (Lipinski definition) is 3. The van der Waals surface area contributed by atoms with Gasteiger partial charge in [-0.15, -0.1) is 0 Å². The Morgan fingerprint density at radius 3 is 2.60 bits per heavy atom. The van der Waals surface area contributed by atoms with Gasteiger partial charge in [-0.3, -0.25) is 4.98 Å². The molecule has 4 nitrogen and oxygen atoms in total. The summed E-state index contributed by atoms with van der Waals surface area (Å²) < 4.78 is 19.3. The Morgan fingerprint density at radius 1 is 1.30 bits per heavy atom. The Morgan fingerprint density at radius 2 is 2.00 bits per heavy atom. The van der Waals surface area contributed by atoms with Gasteiger partial charge in [0.15, 0.2) is 11.6 Å². The molecule has 1 N–H and O–H groups in total. The van der Waals surface area contributed by atoms with E-state index in [1.807, 2.05) is 13.8 Å². The lowest BCUT2D eigenvalue weighted by Crippen LogP contribution is -2.00. The van der Waals surface area contributed by atoms with E-state index < -0.39 is 11.8 Å². The lowest BCUT2D eigenvalue weighted by atomic mass is 10.2. The predicted octanol–water partition coefficient (Wildman–Crippen LogP) is 3.58. The van der Waals surface area contributed by atoms with Crippen molar-refractivity contribution in [3.8, 4) is 11.5 Å². The second kappa shape index (κ2) is 5.69. The first kappa shape index (κ1) is 14.0. The molecule has 2 aromatic rings. The first-order chi connectivity index (χ1) is 9.51. The summed E-state index contributed by atoms with van der Waals surface area (Å²) in [5, 5.41) is 8.79. The Balaban J connectivity index is 2.33. The van der Waals surface area contributed by atoms with Crippen molar-refractivity contribution < 1.29 is 19.0 Å². The maximum Gasteiger partial charge on any atom is 0.335 e. The molecule has 20 heavy (non-hydrogen) atoms. The molecule has 104 valence electrons. The Bertz CT molecular complexity index is 656. The normalized spacial score (nSPS) is 10.3. The van der Waals surface area contributed by atoms with Crippen LogP contribution in [0.5, 0.6) is 11.5 Å². The van der Waals surface area contributed by atoms with Gasteiger partial charge in [0, 0.05) is 5.69 Å². The number of aromatic carboxylic acids is 1. The fourth-order valence-corrected chi connectivity index (χ4v) is 1.78. The molecule has 0 atom stereocenters. The minimum atomic E-state index is -1.18. The van der Waals surface area contributed by atoms with E-state index in [4.69, 9.17) is 9.84 Å². The fraction of sp³-hybridized carbons (Fsp3) is 0.200. The molecule has 0 aliphatic heterocycles. The number of carbonyl (C=O) groups is 1. The van der Waals surface area contributed by atoms with Crippen molar-refractivity contribution in [3.63, 3.8) is 0 Å². The summed E-state index contributed by atoms with van der Waals surface area (Å²) in [5.74, 6) is -1.44. The van der Waals surface area contributed by atoms with Crippen LogP contribution in [-0.2, 0) is 6.42 Å². The standard InChI is InChI=1S/C15H14FNO3/c1-3-12-14(6-4-9(2)17-12)20-13-7-5-10(15(18)19)8-11(13)16/h4-8H,3H2,1-2H3,(H,18,19). The molecule has 1 heterocycles. The molecular weight excluding hydrogens is 261 g/mol. The summed E-state index contributed by atoms with van der Waals surface area (Å²) in [6.45, 7) is 3.80. The van der Waals surface area contributed by atoms with Gasteiger partial charge in [-0.25, -0.2) is 9.18 Å². The Labute approximate surface area is 115 Å². The van der Waals surface area contributed by atoms with Crippen LogP contribution in [0, 0.1) is 12.7 Å². The third-order valence-corrected chi connectivity index (χ3v) is 2.81. The Hall–Kier alpha value is -2.43. The van der Waals surface area contributed by atoms with Gasteiger partial charge in [0.05, 0.1) is 11.3 Å². The van der Waals surface area contributed by atoms with Crippen LogP contribution in [-0.4, -0.2) is 16.1 Å². The molecule has 1 aromatic heterocycles. The van der Waals surface area contributed by atoms with E-state index in [0.717, 1.165) is 17.5 Å². The minimum Gasteiger partial charge on any atom is -0.478 e. The SMILES string of the molecule is CCc1nc(C)ccc1Oc1ccc(C(=O)O)cc1F. The van der Waals surface area contributed by atoms with E-state index in [2.05, 4.69) is 4.98 Å². The average molecular weight is 275 g/mol. The van der Waals surface area contributed by atoms with Gasteiger partial charge in [0.2, 0.25) is 0 Å². The lowest BCUT2D eigenvalue weighted by molar-refractivity contribution is 0.0696. The number of pyridine rings is 1. The highest BCUT2D eigenvalue weighted by molar-refractivity contribution is 5.87. The van der Waals surface area contributed by atoms with Crippen LogP contribution in [0.3, 0.4) is 0 Å². The molecule has 5 heteroatoms. The first-order valence-electron chi connectivity index (χ1n) is 6.18. The fourth-order valence-electron chi connectivity index (χ4n) is 1.78. The van der Waals surface area contributed by atoms with E-state index in [1.54, 1.807) is 12.1 Å². The van der Waals surface area contributed by atoms with Gasteiger partial charge < -0.3 is 9.84 Å². The van der Waals surface area contributed by atoms with E-state index in [1.165, 1.54) is 12.1 Å². The number of nitrogens with zero attached hydrogens (tertiary/aromatic N) is 1. The van der Waals surface area contributed by atoms with Crippen molar-refractivity contribution in [2.24, 2.45) is 0 Å². The molecule has 0 fully saturated rings. The number of rotatable bonds is 4. The maximum atomic E-state index is 13.8. The lowest BCUT2D eigenvalue weighted by Gasteiger charge is -2.11. The second-order valence-corrected chi connectivity index (χ2v) is 4.30. The first-order valence-corrected chi connectivity index (χ1v) is 6.18. The van der Waals surface area contributed by atoms with E-state index in [0.29, 0.717) is 12.2 Å². The molecule has 0 aliphatic carbocycles. The van der Waals surface area contributed by atoms with E-state index in [-0.39, 0.29) is 11.3 Å². The van der Waals surface area contributed by atoms with Crippen LogP contribution in [0.4, 0.5) is 4.39 Å². The molecule has 0 unspecified atom stereocenters. The summed E-state index contributed by atoms with van der Waals surface area (Å²) in [6.07, 6.45) is 0.659. The smallest absolute Gasteiger partial charge is 0.335 e. The molecule has 1 aromatic carbocycles. The molecule has 0 radical (unpaired) electrons. The van der Waals surface area contributed by atoms with Crippen LogP contribution >= 0.6 is 0 Å². The van der Waals surface area contributed by atoms with Crippen molar-refractivity contribution in [3.05, 3.63) is 53.1 Å². The molecule has 0 saturated carbocycles. The number of carboxylic acids is 1. The number of aromatic nitrogens is 1. The third-order valence-electron chi connectivity index (χ3n) is 2.81. The van der Waals surface area contributed by atoms with Gasteiger partial charge >= 0.3 is 5.97 Å². The number of aryl methyl sites for hydroxylation is 2. The van der Waals surface area contributed by atoms with Crippen LogP contribution in [0.1, 0.15) is 28.7 Å². The van der Waals surface area contributed by atoms with Crippen LogP contribution in [0.2, 0.25) is 0 Å². The largest absolute Gasteiger partial charge is 0.478 e. The molecule has 0 amide bonds. The molecule has 0 aliphatic rings. The number of ether oxygens (including phenoxy) is 1. The van der Waals surface area contributed by atoms with E-state index >= 15 is 0 Å². The topological polar surface area (TPSA) is 59.4 Å². The maximum absolute atomic E-state index is 13.8. The summed E-state index contributed by atoms with van der Waals surface area (Å²) in [5.41, 5.74) is 1.47. The molecule has 0 bridgehead atoms. The summed E-state index contributed by atoms with van der Waals surface area (Å²) in [7, 11) is 0. The number of benzene rings is 1. The van der Waals surface area contributed by atoms with Gasteiger partial charge in [0.1, 0.15) is 5.75 Å². The third kappa shape index (κ3) is 2.93. The minimum absolute atomic E-state index is 0.0182. The number of carboxylic acid groups (broad SMARTS) is 1. The zero-order valence-corrected chi connectivity index (χ0v) is 11.2. The monoisotopic (exact) mass is 275 g/mol. The van der Waals surface area contributed by atoms with Crippen LogP contribution < -0.4 is 4.74 Å². The molecular formula is C15H14FNO3. The second-order valence-electron chi connectivity index (χ2n) is 4.30. The quantitative estimate of drug-likeness (QED) is 0.926. The zero-order valence-electron chi connectivity index (χ0n) is 11.2. The number of hydrogen-bond donors (Lipinski definition) is 1. The highest BCUT2D eigenvalue weighted by atomic mass is 19.1. The average Bonchev–Trinajstić information content (AvgIpc) is 2.42. The summed E-state index contributed by atoms with van der Waals surface area (Å²) in [6, 6.07) is 7.04. The predicted molar refractivity (Wildman–Crippen MR) is 71.8 cm³/mol. The van der Waals surface area contributed by atoms with Crippen LogP contribution in [0.15, 0.2) is 30.3 Å². The van der Waals surface area contributed by atoms with Crippen molar-refractivity contribution >= 4 is 5.97 Å². The molecule has 2 rings (SSSR count). The van der Waals surface area contributed by atoms with Crippen molar-refractivity contribution in [2.45, 2.75) is 20.3 Å². The van der Waals surface area contributed by atoms with Crippen molar-refractivity contribution in [1.82, 2.24) is 4.98 Å². The van der Waals surface area contributed by atoms with E-state index in [9.17, 15) is 9.18 Å². The van der Waals surface area contributed by atoms with Crippen molar-refractivity contribution in [1.29, 1.82) is 0 Å². The highest BCUT2D eigenvalue weighted by Gasteiger charge is 2.12.